The van der Waals surface area contributed by atoms with Crippen LogP contribution in [0.4, 0.5) is 0 Å². The summed E-state index contributed by atoms with van der Waals surface area (Å²) in [4.78, 5) is 12.6. The molecule has 0 aromatic heterocycles. The summed E-state index contributed by atoms with van der Waals surface area (Å²) in [5.74, 6) is -4.08. The van der Waals surface area contributed by atoms with E-state index < -0.39 is 66.6 Å². The number of aromatic hydroxyl groups is 4. The lowest BCUT2D eigenvalue weighted by atomic mass is 9.96. The van der Waals surface area contributed by atoms with E-state index in [4.69, 9.17) is 14.2 Å². The molecule has 1 unspecified atom stereocenters. The maximum atomic E-state index is 12.6. The molecule has 14 nitrogen and oxygen atoms in total. The lowest BCUT2D eigenvalue weighted by Crippen LogP contribution is -2.60. The first-order chi connectivity index (χ1) is 20.9. The number of aliphatic hydroxyl groups excluding tert-OH is 5. The van der Waals surface area contributed by atoms with Crippen LogP contribution in [-0.2, 0) is 19.0 Å². The Morgan fingerprint density at radius 2 is 1.64 bits per heavy atom. The summed E-state index contributed by atoms with van der Waals surface area (Å²) in [7, 11) is 0. The van der Waals surface area contributed by atoms with Crippen LogP contribution in [0.15, 0.2) is 83.6 Å². The minimum absolute atomic E-state index is 0.0106. The number of phenols is 4. The zero-order valence-corrected chi connectivity index (χ0v) is 22.6. The lowest BCUT2D eigenvalue weighted by molar-refractivity contribution is -0.293. The van der Waals surface area contributed by atoms with Gasteiger partial charge in [-0.2, -0.15) is 0 Å². The van der Waals surface area contributed by atoms with Gasteiger partial charge in [-0.25, -0.2) is 4.79 Å². The number of allylic oxidation sites excluding steroid dienone is 2. The molecule has 1 fully saturated rings. The van der Waals surface area contributed by atoms with Crippen molar-refractivity contribution in [1.82, 2.24) is 0 Å². The summed E-state index contributed by atoms with van der Waals surface area (Å²) >= 11 is 0. The first-order valence-electron chi connectivity index (χ1n) is 13.2. The summed E-state index contributed by atoms with van der Waals surface area (Å²) < 4.78 is 21.2. The fourth-order valence-corrected chi connectivity index (χ4v) is 4.74. The summed E-state index contributed by atoms with van der Waals surface area (Å²) in [6.07, 6.45) is -3.17. The van der Waals surface area contributed by atoms with Crippen LogP contribution in [0.1, 0.15) is 11.1 Å². The van der Waals surface area contributed by atoms with E-state index in [2.05, 4.69) is 4.74 Å². The minimum atomic E-state index is -1.84. The number of hydrogen-bond acceptors (Lipinski definition) is 13. The third-order valence-corrected chi connectivity index (χ3v) is 6.98. The number of benzene rings is 2. The second kappa shape index (κ2) is 12.2. The number of hydrogen-bond donors (Lipinski definition) is 9. The van der Waals surface area contributed by atoms with Gasteiger partial charge in [-0.15, -0.1) is 0 Å². The molecular formula is C30H29O14+. The van der Waals surface area contributed by atoms with Crippen molar-refractivity contribution < 1.29 is 69.7 Å². The smallest absolute Gasteiger partial charge is 0.331 e. The Labute approximate surface area is 248 Å². The van der Waals surface area contributed by atoms with Gasteiger partial charge in [0.05, 0.1) is 23.8 Å². The molecule has 3 aliphatic rings. The maximum Gasteiger partial charge on any atom is 0.331 e. The van der Waals surface area contributed by atoms with E-state index in [0.717, 1.165) is 24.3 Å². The van der Waals surface area contributed by atoms with Gasteiger partial charge in [0, 0.05) is 30.4 Å². The van der Waals surface area contributed by atoms with Crippen LogP contribution in [0.2, 0.25) is 0 Å². The molecule has 6 atom stereocenters. The number of carbonyl (C=O) groups is 1. The highest BCUT2D eigenvalue weighted by Crippen LogP contribution is 2.41. The second-order valence-electron chi connectivity index (χ2n) is 10.0. The predicted octanol–water partition coefficient (Wildman–Crippen LogP) is 0.992. The molecule has 232 valence electrons. The maximum absolute atomic E-state index is 12.6. The number of phenolic OH excluding ortho intramolecular Hbond substituents is 4. The number of rotatable bonds is 7. The van der Waals surface area contributed by atoms with Gasteiger partial charge >= 0.3 is 11.7 Å². The summed E-state index contributed by atoms with van der Waals surface area (Å²) in [6, 6.07) is 8.00. The normalized spacial score (nSPS) is 26.7. The van der Waals surface area contributed by atoms with Crippen molar-refractivity contribution in [2.45, 2.75) is 36.8 Å². The standard InChI is InChI=1S/C30H28O14/c31-12-23-26(39)29(44-24(37)6-3-13-1-4-15(32)5-2-13)27(40)30(43-23)42-22-11-17-18(34)9-16(33)10-21(17)41-28(22)14-7-19(35)25(38)20(36)8-14/h1-11,21,23,26-27,29-36,38-40H,12H2/p+1/b6-3+/t21?,23-,26-,27-,29+,30-/m1/s1. The third kappa shape index (κ3) is 6.14. The molecule has 2 aromatic rings. The molecule has 2 aliphatic heterocycles. The molecule has 0 bridgehead atoms. The molecule has 0 radical (unpaired) electrons. The molecule has 2 aromatic carbocycles. The van der Waals surface area contributed by atoms with Crippen LogP contribution in [0.5, 0.6) is 23.0 Å². The predicted molar refractivity (Wildman–Crippen MR) is 150 cm³/mol. The van der Waals surface area contributed by atoms with Crippen LogP contribution in [0, 0.1) is 0 Å². The molecule has 5 rings (SSSR count). The van der Waals surface area contributed by atoms with Crippen molar-refractivity contribution in [3.8, 4) is 23.0 Å². The Kier molecular flexibility index (Phi) is 8.42. The Balaban J connectivity index is 1.46. The molecular weight excluding hydrogens is 584 g/mol. The second-order valence-corrected chi connectivity index (χ2v) is 10.0. The van der Waals surface area contributed by atoms with Crippen LogP contribution in [0.3, 0.4) is 0 Å². The minimum Gasteiger partial charge on any atom is -0.571 e. The number of ether oxygens (including phenoxy) is 4. The number of esters is 1. The first-order valence-corrected chi connectivity index (χ1v) is 13.2. The summed E-state index contributed by atoms with van der Waals surface area (Å²) in [6.45, 7) is -0.766. The average molecular weight is 614 g/mol. The largest absolute Gasteiger partial charge is 0.571 e. The molecule has 0 saturated carbocycles. The lowest BCUT2D eigenvalue weighted by Gasteiger charge is -2.41. The van der Waals surface area contributed by atoms with Gasteiger partial charge in [0.2, 0.25) is 18.2 Å². The summed E-state index contributed by atoms with van der Waals surface area (Å²) in [5.41, 5.74) is 0.709. The van der Waals surface area contributed by atoms with Crippen LogP contribution >= 0.6 is 0 Å². The van der Waals surface area contributed by atoms with Gasteiger partial charge < -0.3 is 64.9 Å². The quantitative estimate of drug-likeness (QED) is 0.0917. The molecule has 0 amide bonds. The first kappa shape index (κ1) is 30.3. The van der Waals surface area contributed by atoms with Crippen molar-refractivity contribution in [2.24, 2.45) is 0 Å². The Bertz CT molecular complexity index is 1560. The van der Waals surface area contributed by atoms with Crippen molar-refractivity contribution in [1.29, 1.82) is 0 Å². The van der Waals surface area contributed by atoms with E-state index in [1.807, 2.05) is 0 Å². The highest BCUT2D eigenvalue weighted by Gasteiger charge is 2.49. The van der Waals surface area contributed by atoms with E-state index in [0.29, 0.717) is 5.56 Å². The van der Waals surface area contributed by atoms with Crippen LogP contribution < -0.4 is 0 Å². The van der Waals surface area contributed by atoms with Gasteiger partial charge in [-0.1, -0.05) is 12.1 Å². The Morgan fingerprint density at radius 1 is 0.955 bits per heavy atom. The zero-order chi connectivity index (χ0) is 31.7. The number of fused-ring (bicyclic) bond motifs is 1. The van der Waals surface area contributed by atoms with Gasteiger partial charge in [0.15, 0.2) is 29.5 Å². The summed E-state index contributed by atoms with van der Waals surface area (Å²) in [5, 5.41) is 91.5. The topological polar surface area (TPSA) is 240 Å². The van der Waals surface area contributed by atoms with Gasteiger partial charge in [-0.05, 0) is 23.8 Å². The molecule has 2 heterocycles. The van der Waals surface area contributed by atoms with E-state index in [9.17, 15) is 50.8 Å². The molecule has 14 heteroatoms. The Morgan fingerprint density at radius 3 is 2.30 bits per heavy atom. The monoisotopic (exact) mass is 613 g/mol. The number of carbonyl (C=O) groups excluding carboxylic acids is 1. The average Bonchev–Trinajstić information content (AvgIpc) is 2.98. The third-order valence-electron chi connectivity index (χ3n) is 6.98. The molecule has 1 saturated heterocycles. The zero-order valence-electron chi connectivity index (χ0n) is 22.6. The fourth-order valence-electron chi connectivity index (χ4n) is 4.74. The SMILES string of the molecule is O=C(/C=C/c1ccc(O)cc1)O[C@@H]1[C@@H](O)[C@H](OC2=C(c3cc(O)c(O)c(O)c3)[OH+]C3C=C(O)C=C(O)C3=C2)O[C@H](CO)[C@H]1O. The molecule has 0 spiro atoms. The van der Waals surface area contributed by atoms with Gasteiger partial charge in [0.25, 0.3) is 0 Å². The van der Waals surface area contributed by atoms with Crippen LogP contribution in [0.25, 0.3) is 11.8 Å². The van der Waals surface area contributed by atoms with Crippen molar-refractivity contribution in [2.75, 3.05) is 6.61 Å². The molecule has 1 aliphatic carbocycles. The van der Waals surface area contributed by atoms with Gasteiger partial charge in [0.1, 0.15) is 29.5 Å². The van der Waals surface area contributed by atoms with Crippen LogP contribution in [-0.4, -0.2) is 100 Å². The molecule has 10 N–H and O–H groups in total. The molecule has 44 heavy (non-hydrogen) atoms. The van der Waals surface area contributed by atoms with E-state index in [-0.39, 0.29) is 39.9 Å². The van der Waals surface area contributed by atoms with E-state index >= 15 is 0 Å². The van der Waals surface area contributed by atoms with Crippen molar-refractivity contribution >= 4 is 17.8 Å². The van der Waals surface area contributed by atoms with Gasteiger partial charge in [-0.3, -0.25) is 0 Å². The van der Waals surface area contributed by atoms with E-state index in [1.54, 1.807) is 0 Å². The van der Waals surface area contributed by atoms with Crippen molar-refractivity contribution in [3.05, 3.63) is 94.7 Å². The Hall–Kier alpha value is -5.15. The fraction of sp³-hybridized carbons (Fsp3) is 0.233. The highest BCUT2D eigenvalue weighted by atomic mass is 16.7. The van der Waals surface area contributed by atoms with Crippen molar-refractivity contribution in [3.63, 3.8) is 0 Å². The number of aliphatic hydroxyl groups is 7. The highest BCUT2D eigenvalue weighted by molar-refractivity contribution is 5.87. The van der Waals surface area contributed by atoms with E-state index in [1.165, 1.54) is 42.5 Å².